The molecule has 0 bridgehead atoms. The van der Waals surface area contributed by atoms with Gasteiger partial charge in [-0.05, 0) is 28.4 Å². The summed E-state index contributed by atoms with van der Waals surface area (Å²) in [5.41, 5.74) is 15.9. The van der Waals surface area contributed by atoms with Crippen LogP contribution in [0.5, 0.6) is 0 Å². The Morgan fingerprint density at radius 1 is 0.596 bits per heavy atom. The summed E-state index contributed by atoms with van der Waals surface area (Å²) in [7, 11) is 0. The van der Waals surface area contributed by atoms with Crippen LogP contribution in [0.25, 0.3) is 11.1 Å². The third-order valence-electron chi connectivity index (χ3n) is 9.63. The summed E-state index contributed by atoms with van der Waals surface area (Å²) < 4.78 is 1.42. The van der Waals surface area contributed by atoms with Crippen LogP contribution in [-0.2, 0) is 52.3 Å². The zero-order valence-electron chi connectivity index (χ0n) is 34.2. The smallest absolute Gasteiger partial charge is 0.0733 e. The van der Waals surface area contributed by atoms with Crippen LogP contribution in [-0.4, -0.2) is 3.21 Å². The maximum Gasteiger partial charge on any atom is -0.0733 e. The first-order valence-corrected chi connectivity index (χ1v) is 19.5. The van der Waals surface area contributed by atoms with Crippen LogP contribution in [0.15, 0.2) is 96.6 Å². The van der Waals surface area contributed by atoms with E-state index in [4.69, 9.17) is 0 Å². The van der Waals surface area contributed by atoms with Crippen LogP contribution < -0.4 is 24.8 Å². The summed E-state index contributed by atoms with van der Waals surface area (Å²) in [5, 5.41) is 0. The first-order valence-electron chi connectivity index (χ1n) is 18.3. The number of hydrogen-bond acceptors (Lipinski definition) is 0. The molecule has 0 nitrogen and oxygen atoms in total. The molecule has 0 saturated heterocycles. The normalized spacial score (nSPS) is 14.7. The number of halogens is 2. The number of fused-ring (bicyclic) bond motifs is 3. The van der Waals surface area contributed by atoms with Gasteiger partial charge >= 0.3 is 151 Å². The predicted octanol–water partition coefficient (Wildman–Crippen LogP) is 7.00. The van der Waals surface area contributed by atoms with Crippen molar-refractivity contribution in [2.45, 2.75) is 125 Å². The largest absolute Gasteiger partial charge is 1.00 e. The van der Waals surface area contributed by atoms with Crippen molar-refractivity contribution in [3.63, 3.8) is 0 Å². The molecule has 4 aromatic rings. The Morgan fingerprint density at radius 2 is 1.04 bits per heavy atom. The molecule has 0 aliphatic heterocycles. The number of rotatable bonds is 2. The number of benzene rings is 4. The summed E-state index contributed by atoms with van der Waals surface area (Å²) in [6, 6.07) is 33.3. The van der Waals surface area contributed by atoms with Crippen molar-refractivity contribution in [2.24, 2.45) is 5.92 Å². The minimum atomic E-state index is 0. The Labute approximate surface area is 345 Å². The van der Waals surface area contributed by atoms with Gasteiger partial charge in [-0.3, -0.25) is 6.08 Å². The summed E-state index contributed by atoms with van der Waals surface area (Å²) in [6.07, 6.45) is 8.40. The predicted molar refractivity (Wildman–Crippen MR) is 215 cm³/mol. The van der Waals surface area contributed by atoms with Gasteiger partial charge in [-0.2, -0.15) is 29.8 Å². The van der Waals surface area contributed by atoms with Crippen LogP contribution in [0.4, 0.5) is 0 Å². The molecule has 2 aliphatic rings. The fourth-order valence-electron chi connectivity index (χ4n) is 6.22. The molecule has 1 unspecified atom stereocenters. The van der Waals surface area contributed by atoms with E-state index in [9.17, 15) is 0 Å². The van der Waals surface area contributed by atoms with Gasteiger partial charge in [0.2, 0.25) is 0 Å². The SMILES string of the molecule is CC(C)(C)c1[c-]c2c(cc1)-c1ccc(C(C)(C)C)cc1C2.CC(C)(C)c1ccc([C](=[Zr+2])c2ccc(C(C)(C)C)cc2)cc1.CC1=CC(C)[C-]=C1.[Cl-].[Cl-]. The van der Waals surface area contributed by atoms with Gasteiger partial charge < -0.3 is 24.8 Å². The molecule has 1 atom stereocenters. The minimum absolute atomic E-state index is 0. The van der Waals surface area contributed by atoms with Crippen molar-refractivity contribution in [3.8, 4) is 11.1 Å². The van der Waals surface area contributed by atoms with E-state index in [1.807, 2.05) is 6.08 Å². The molecule has 0 amide bonds. The van der Waals surface area contributed by atoms with E-state index < -0.39 is 0 Å². The molecule has 0 radical (unpaired) electrons. The van der Waals surface area contributed by atoms with E-state index in [0.29, 0.717) is 5.92 Å². The van der Waals surface area contributed by atoms with Gasteiger partial charge in [-0.15, -0.1) is 18.1 Å². The fraction of sp³-hybridized carbons (Fsp3) is 0.408. The summed E-state index contributed by atoms with van der Waals surface area (Å²) in [6.45, 7) is 31.4. The molecule has 0 fully saturated rings. The zero-order chi connectivity index (χ0) is 37.2. The van der Waals surface area contributed by atoms with Crippen molar-refractivity contribution in [2.75, 3.05) is 0 Å². The molecule has 52 heavy (non-hydrogen) atoms. The molecule has 4 aromatic carbocycles. The third-order valence-corrected chi connectivity index (χ3v) is 11.0. The van der Waals surface area contributed by atoms with E-state index in [-0.39, 0.29) is 46.5 Å². The zero-order valence-corrected chi connectivity index (χ0v) is 38.2. The molecule has 0 heterocycles. The second kappa shape index (κ2) is 17.9. The molecular formula is C49H60Cl2Zr-2. The van der Waals surface area contributed by atoms with E-state index in [1.54, 1.807) is 0 Å². The van der Waals surface area contributed by atoms with Gasteiger partial charge in [-0.25, -0.2) is 11.6 Å². The number of hydrogen-bond donors (Lipinski definition) is 0. The summed E-state index contributed by atoms with van der Waals surface area (Å²) in [4.78, 5) is 0. The van der Waals surface area contributed by atoms with Gasteiger partial charge in [0.05, 0.1) is 0 Å². The molecule has 276 valence electrons. The molecule has 6 rings (SSSR count). The molecule has 0 saturated carbocycles. The molecular weight excluding hydrogens is 751 g/mol. The molecule has 0 spiro atoms. The minimum Gasteiger partial charge on any atom is -1.00 e. The average Bonchev–Trinajstić information content (AvgIpc) is 3.60. The second-order valence-electron chi connectivity index (χ2n) is 18.4. The topological polar surface area (TPSA) is 0 Å². The van der Waals surface area contributed by atoms with Crippen molar-refractivity contribution in [1.29, 1.82) is 0 Å². The second-order valence-corrected chi connectivity index (χ2v) is 19.6. The van der Waals surface area contributed by atoms with Gasteiger partial charge in [0.15, 0.2) is 0 Å². The summed E-state index contributed by atoms with van der Waals surface area (Å²) >= 11 is 1.46. The Balaban J connectivity index is 0.000000294. The summed E-state index contributed by atoms with van der Waals surface area (Å²) in [5.74, 6) is 0.556. The van der Waals surface area contributed by atoms with E-state index in [2.05, 4.69) is 194 Å². The van der Waals surface area contributed by atoms with Crippen LogP contribution in [0, 0.1) is 18.1 Å². The monoisotopic (exact) mass is 808 g/mol. The van der Waals surface area contributed by atoms with E-state index in [0.717, 1.165) is 6.42 Å². The molecule has 0 aromatic heterocycles. The van der Waals surface area contributed by atoms with Gasteiger partial charge in [0.1, 0.15) is 0 Å². The maximum atomic E-state index is 3.67. The van der Waals surface area contributed by atoms with Crippen LogP contribution in [0.1, 0.15) is 141 Å². The maximum absolute atomic E-state index is 3.67. The Morgan fingerprint density at radius 3 is 1.40 bits per heavy atom. The standard InChI is InChI=1S/C21H25.C21H26.C7H9.2ClH.Zr/c1-20(2,3)16-7-9-18-14(12-16)11-15-13-17(21(4,5)6)8-10-19(15)18;1-20(2,3)18-11-7-16(8-12-18)15-17-9-13-19(14-10-17)21(4,5)6;1-6-3-4-7(2)5-6;;;/h7-10,12H,11H2,1-6H3;7-14H,1-6H3;3,5,7H,1-2H3;2*1H;/q-1;;-1;;;+2/p-2. The van der Waals surface area contributed by atoms with Crippen molar-refractivity contribution in [1.82, 2.24) is 0 Å². The Kier molecular flexibility index (Phi) is 15.8. The van der Waals surface area contributed by atoms with Crippen molar-refractivity contribution >= 4 is 3.21 Å². The van der Waals surface area contributed by atoms with Crippen molar-refractivity contribution < 1.29 is 49.0 Å². The first kappa shape index (κ1) is 45.8. The first-order chi connectivity index (χ1) is 23.0. The van der Waals surface area contributed by atoms with Gasteiger partial charge in [0.25, 0.3) is 0 Å². The fourth-order valence-corrected chi connectivity index (χ4v) is 7.04. The van der Waals surface area contributed by atoms with E-state index in [1.165, 1.54) is 88.6 Å². The third kappa shape index (κ3) is 12.1. The van der Waals surface area contributed by atoms with Crippen LogP contribution in [0.3, 0.4) is 0 Å². The van der Waals surface area contributed by atoms with E-state index >= 15 is 0 Å². The van der Waals surface area contributed by atoms with Gasteiger partial charge in [0, 0.05) is 0 Å². The molecule has 0 N–H and O–H groups in total. The Hall–Kier alpha value is -2.31. The Bertz CT molecular complexity index is 1740. The molecule has 2 aliphatic carbocycles. The molecule has 3 heteroatoms. The van der Waals surface area contributed by atoms with Gasteiger partial charge in [-0.1, -0.05) is 78.1 Å². The quantitative estimate of drug-likeness (QED) is 0.169. The number of allylic oxidation sites excluding steroid dienone is 4. The average molecular weight is 811 g/mol. The van der Waals surface area contributed by atoms with Crippen LogP contribution in [0.2, 0.25) is 0 Å². The van der Waals surface area contributed by atoms with Crippen molar-refractivity contribution in [3.05, 3.63) is 153 Å². The van der Waals surface area contributed by atoms with Crippen LogP contribution >= 0.6 is 0 Å².